The molecule has 1 N–H and O–H groups in total. The molecule has 0 radical (unpaired) electrons. The van der Waals surface area contributed by atoms with Gasteiger partial charge in [-0.2, -0.15) is 0 Å². The molecule has 30 heavy (non-hydrogen) atoms. The molecule has 154 valence electrons. The number of hydrogen-bond acceptors (Lipinski definition) is 3. The summed E-state index contributed by atoms with van der Waals surface area (Å²) >= 11 is 6.43. The molecule has 1 aliphatic carbocycles. The van der Waals surface area contributed by atoms with Gasteiger partial charge >= 0.3 is 5.97 Å². The summed E-state index contributed by atoms with van der Waals surface area (Å²) in [5.74, 6) is -1.63. The van der Waals surface area contributed by atoms with Crippen molar-refractivity contribution < 1.29 is 19.5 Å². The molecule has 1 aliphatic heterocycles. The molecule has 2 aliphatic rings. The number of nitrogens with zero attached hydrogens (tertiary/aromatic N) is 1. The number of ketones is 1. The Labute approximate surface area is 180 Å². The first-order valence-corrected chi connectivity index (χ1v) is 10.2. The van der Waals surface area contributed by atoms with E-state index in [-0.39, 0.29) is 29.1 Å². The summed E-state index contributed by atoms with van der Waals surface area (Å²) in [6.45, 7) is 4.01. The van der Waals surface area contributed by atoms with Crippen LogP contribution in [0.1, 0.15) is 54.9 Å². The van der Waals surface area contributed by atoms with E-state index in [1.807, 2.05) is 32.0 Å². The number of anilines is 1. The highest BCUT2D eigenvalue weighted by molar-refractivity contribution is 6.31. The second-order valence-electron chi connectivity index (χ2n) is 8.66. The smallest absolute Gasteiger partial charge is 0.335 e. The van der Waals surface area contributed by atoms with E-state index in [9.17, 15) is 19.5 Å². The molecule has 4 rings (SSSR count). The highest BCUT2D eigenvalue weighted by Gasteiger charge is 2.44. The van der Waals surface area contributed by atoms with Crippen molar-refractivity contribution >= 4 is 34.9 Å². The molecule has 1 atom stereocenters. The lowest BCUT2D eigenvalue weighted by molar-refractivity contribution is -0.121. The number of aromatic carboxylic acids is 1. The Balaban J connectivity index is 1.92. The number of benzene rings is 2. The monoisotopic (exact) mass is 423 g/mol. The SMILES string of the molecule is CC1(C)CC(=O)C2=C(C1)N(c1cccc(C(=O)O)c1)C(=O)CC2c1ccccc1Cl. The quantitative estimate of drug-likeness (QED) is 0.736. The molecule has 1 heterocycles. The van der Waals surface area contributed by atoms with Gasteiger partial charge in [-0.15, -0.1) is 0 Å². The van der Waals surface area contributed by atoms with Crippen molar-refractivity contribution in [2.75, 3.05) is 4.90 Å². The topological polar surface area (TPSA) is 74.7 Å². The summed E-state index contributed by atoms with van der Waals surface area (Å²) in [6.07, 6.45) is 1.04. The van der Waals surface area contributed by atoms with Gasteiger partial charge in [-0.05, 0) is 41.7 Å². The van der Waals surface area contributed by atoms with Crippen LogP contribution in [0.4, 0.5) is 5.69 Å². The summed E-state index contributed by atoms with van der Waals surface area (Å²) in [5.41, 5.74) is 2.30. The van der Waals surface area contributed by atoms with Gasteiger partial charge in [0.25, 0.3) is 0 Å². The van der Waals surface area contributed by atoms with Crippen LogP contribution in [0.5, 0.6) is 0 Å². The summed E-state index contributed by atoms with van der Waals surface area (Å²) in [7, 11) is 0. The Morgan fingerprint density at radius 1 is 1.10 bits per heavy atom. The van der Waals surface area contributed by atoms with E-state index in [0.29, 0.717) is 34.8 Å². The van der Waals surface area contributed by atoms with E-state index in [2.05, 4.69) is 0 Å². The predicted molar refractivity (Wildman–Crippen MR) is 115 cm³/mol. The number of carbonyl (C=O) groups excluding carboxylic acids is 2. The first-order valence-electron chi connectivity index (χ1n) is 9.85. The average Bonchev–Trinajstić information content (AvgIpc) is 2.66. The third kappa shape index (κ3) is 3.54. The van der Waals surface area contributed by atoms with E-state index in [1.54, 1.807) is 18.2 Å². The minimum absolute atomic E-state index is 0.0121. The lowest BCUT2D eigenvalue weighted by atomic mass is 9.69. The van der Waals surface area contributed by atoms with Gasteiger partial charge in [0.1, 0.15) is 0 Å². The molecular formula is C24H22ClNO4. The van der Waals surface area contributed by atoms with Crippen molar-refractivity contribution in [1.82, 2.24) is 0 Å². The summed E-state index contributed by atoms with van der Waals surface area (Å²) in [5, 5.41) is 9.90. The molecule has 6 heteroatoms. The van der Waals surface area contributed by atoms with E-state index in [4.69, 9.17) is 11.6 Å². The zero-order valence-electron chi connectivity index (χ0n) is 16.8. The largest absolute Gasteiger partial charge is 0.478 e. The van der Waals surface area contributed by atoms with Crippen LogP contribution < -0.4 is 4.90 Å². The van der Waals surface area contributed by atoms with Crippen molar-refractivity contribution in [3.8, 4) is 0 Å². The predicted octanol–water partition coefficient (Wildman–Crippen LogP) is 5.20. The molecule has 1 amide bonds. The molecule has 0 fully saturated rings. The van der Waals surface area contributed by atoms with Gasteiger partial charge in [0, 0.05) is 40.7 Å². The first-order chi connectivity index (χ1) is 14.2. The van der Waals surface area contributed by atoms with Gasteiger partial charge in [0.05, 0.1) is 5.56 Å². The van der Waals surface area contributed by atoms with Gasteiger partial charge in [0.2, 0.25) is 5.91 Å². The number of carboxylic acid groups (broad SMARTS) is 1. The third-order valence-electron chi connectivity index (χ3n) is 5.77. The maximum absolute atomic E-state index is 13.3. The van der Waals surface area contributed by atoms with Crippen LogP contribution in [0.2, 0.25) is 5.02 Å². The Hall–Kier alpha value is -2.92. The Kier molecular flexibility index (Phi) is 5.02. The van der Waals surface area contributed by atoms with Crippen LogP contribution in [0, 0.1) is 5.41 Å². The minimum atomic E-state index is -1.07. The van der Waals surface area contributed by atoms with Crippen molar-refractivity contribution in [3.63, 3.8) is 0 Å². The molecule has 0 saturated heterocycles. The number of carbonyl (C=O) groups is 3. The minimum Gasteiger partial charge on any atom is -0.478 e. The van der Waals surface area contributed by atoms with E-state index in [1.165, 1.54) is 17.0 Å². The van der Waals surface area contributed by atoms with Crippen LogP contribution in [0.15, 0.2) is 59.8 Å². The molecule has 0 bridgehead atoms. The van der Waals surface area contributed by atoms with Crippen molar-refractivity contribution in [3.05, 3.63) is 76.0 Å². The van der Waals surface area contributed by atoms with Crippen LogP contribution in [-0.2, 0) is 9.59 Å². The van der Waals surface area contributed by atoms with Crippen molar-refractivity contribution in [2.45, 2.75) is 39.0 Å². The van der Waals surface area contributed by atoms with Crippen molar-refractivity contribution in [1.29, 1.82) is 0 Å². The molecule has 1 unspecified atom stereocenters. The number of amides is 1. The maximum atomic E-state index is 13.3. The van der Waals surface area contributed by atoms with Gasteiger partial charge in [-0.25, -0.2) is 4.79 Å². The van der Waals surface area contributed by atoms with Crippen molar-refractivity contribution in [2.24, 2.45) is 5.41 Å². The summed E-state index contributed by atoms with van der Waals surface area (Å²) < 4.78 is 0. The number of carboxylic acids is 1. The number of hydrogen-bond donors (Lipinski definition) is 1. The number of halogens is 1. The summed E-state index contributed by atoms with van der Waals surface area (Å²) in [4.78, 5) is 39.6. The summed E-state index contributed by atoms with van der Waals surface area (Å²) in [6, 6.07) is 13.6. The fraction of sp³-hybridized carbons (Fsp3) is 0.292. The molecule has 0 aromatic heterocycles. The van der Waals surface area contributed by atoms with Gasteiger partial charge in [-0.1, -0.05) is 49.7 Å². The third-order valence-corrected chi connectivity index (χ3v) is 6.12. The fourth-order valence-electron chi connectivity index (χ4n) is 4.52. The van der Waals surface area contributed by atoms with Crippen LogP contribution in [0.3, 0.4) is 0 Å². The Morgan fingerprint density at radius 3 is 2.53 bits per heavy atom. The lowest BCUT2D eigenvalue weighted by Crippen LogP contribution is -2.43. The average molecular weight is 424 g/mol. The standard InChI is InChI=1S/C24H22ClNO4/c1-24(2)12-19-22(20(27)13-24)17(16-8-3-4-9-18(16)25)11-21(28)26(19)15-7-5-6-14(10-15)23(29)30/h3-10,17H,11-13H2,1-2H3,(H,29,30). The number of Topliss-reactive ketones (excluding diaryl/α,β-unsaturated/α-hetero) is 1. The molecular weight excluding hydrogens is 402 g/mol. The molecule has 5 nitrogen and oxygen atoms in total. The number of allylic oxidation sites excluding steroid dienone is 2. The van der Waals surface area contributed by atoms with Crippen LogP contribution >= 0.6 is 11.6 Å². The molecule has 0 saturated carbocycles. The van der Waals surface area contributed by atoms with Gasteiger partial charge in [-0.3, -0.25) is 14.5 Å². The molecule has 0 spiro atoms. The highest BCUT2D eigenvalue weighted by Crippen LogP contribution is 2.49. The molecule has 2 aromatic rings. The molecule has 2 aromatic carbocycles. The maximum Gasteiger partial charge on any atom is 0.335 e. The van der Waals surface area contributed by atoms with Gasteiger partial charge < -0.3 is 5.11 Å². The number of rotatable bonds is 3. The Morgan fingerprint density at radius 2 is 1.83 bits per heavy atom. The van der Waals surface area contributed by atoms with Crippen LogP contribution in [0.25, 0.3) is 0 Å². The Bertz CT molecular complexity index is 1100. The van der Waals surface area contributed by atoms with E-state index < -0.39 is 11.9 Å². The van der Waals surface area contributed by atoms with Gasteiger partial charge in [0.15, 0.2) is 5.78 Å². The zero-order chi connectivity index (χ0) is 21.6. The van der Waals surface area contributed by atoms with E-state index in [0.717, 1.165) is 5.56 Å². The fourth-order valence-corrected chi connectivity index (χ4v) is 4.78. The van der Waals surface area contributed by atoms with E-state index >= 15 is 0 Å². The lowest BCUT2D eigenvalue weighted by Gasteiger charge is -2.43. The van der Waals surface area contributed by atoms with Crippen LogP contribution in [-0.4, -0.2) is 22.8 Å². The highest BCUT2D eigenvalue weighted by atomic mass is 35.5. The normalized spacial score (nSPS) is 20.9. The second kappa shape index (κ2) is 7.40. The second-order valence-corrected chi connectivity index (χ2v) is 9.07. The zero-order valence-corrected chi connectivity index (χ0v) is 17.6. The first kappa shape index (κ1) is 20.4.